The van der Waals surface area contributed by atoms with Gasteiger partial charge >= 0.3 is 0 Å². The molecule has 1 atom stereocenters. The summed E-state index contributed by atoms with van der Waals surface area (Å²) < 4.78 is 5.27. The fourth-order valence-electron chi connectivity index (χ4n) is 2.22. The molecule has 0 aliphatic carbocycles. The molecule has 1 saturated heterocycles. The number of benzene rings is 1. The predicted octanol–water partition coefficient (Wildman–Crippen LogP) is 1.98. The van der Waals surface area contributed by atoms with Gasteiger partial charge in [-0.05, 0) is 37.6 Å². The molecule has 0 bridgehead atoms. The molecule has 0 aromatic heterocycles. The molecule has 4 heteroatoms. The highest BCUT2D eigenvalue weighted by atomic mass is 16.5. The molecule has 1 aliphatic heterocycles. The molecular formula is C14H20N2O2. The van der Waals surface area contributed by atoms with Crippen LogP contribution in [0.5, 0.6) is 0 Å². The number of nitrogens with one attached hydrogen (secondary N) is 1. The number of likely N-dealkylation sites (tertiary alicyclic amines) is 1. The maximum atomic E-state index is 12.2. The number of anilines is 1. The molecule has 1 aliphatic rings. The molecule has 1 amide bonds. The molecule has 98 valence electrons. The van der Waals surface area contributed by atoms with Gasteiger partial charge in [-0.2, -0.15) is 0 Å². The Morgan fingerprint density at radius 3 is 2.72 bits per heavy atom. The summed E-state index contributed by atoms with van der Waals surface area (Å²) in [5.41, 5.74) is 1.79. The second-order valence-corrected chi connectivity index (χ2v) is 4.51. The van der Waals surface area contributed by atoms with E-state index in [1.54, 1.807) is 7.11 Å². The fraction of sp³-hybridized carbons (Fsp3) is 0.500. The summed E-state index contributed by atoms with van der Waals surface area (Å²) in [6.07, 6.45) is 1.12. The van der Waals surface area contributed by atoms with E-state index < -0.39 is 0 Å². The number of methoxy groups -OCH3 is 1. The number of carbonyl (C=O) groups is 1. The molecule has 4 nitrogen and oxygen atoms in total. The average molecular weight is 248 g/mol. The van der Waals surface area contributed by atoms with E-state index in [-0.39, 0.29) is 12.0 Å². The van der Waals surface area contributed by atoms with Crippen LogP contribution in [0, 0.1) is 0 Å². The number of nitrogens with zero attached hydrogens (tertiary/aromatic N) is 1. The van der Waals surface area contributed by atoms with Gasteiger partial charge in [0.1, 0.15) is 0 Å². The van der Waals surface area contributed by atoms with Crippen LogP contribution in [0.3, 0.4) is 0 Å². The Labute approximate surface area is 108 Å². The summed E-state index contributed by atoms with van der Waals surface area (Å²) in [5, 5.41) is 3.21. The van der Waals surface area contributed by atoms with E-state index in [2.05, 4.69) is 5.32 Å². The molecule has 0 spiro atoms. The Morgan fingerprint density at radius 1 is 1.44 bits per heavy atom. The lowest BCUT2D eigenvalue weighted by Crippen LogP contribution is -2.29. The van der Waals surface area contributed by atoms with E-state index in [1.165, 1.54) is 0 Å². The number of hydrogen-bond acceptors (Lipinski definition) is 3. The van der Waals surface area contributed by atoms with Crippen LogP contribution in [0.4, 0.5) is 5.69 Å². The minimum absolute atomic E-state index is 0.0950. The van der Waals surface area contributed by atoms with Crippen molar-refractivity contribution >= 4 is 11.6 Å². The van der Waals surface area contributed by atoms with E-state index in [0.717, 1.165) is 30.8 Å². The highest BCUT2D eigenvalue weighted by molar-refractivity contribution is 5.94. The molecule has 1 heterocycles. The third-order valence-corrected chi connectivity index (χ3v) is 3.28. The summed E-state index contributed by atoms with van der Waals surface area (Å²) >= 11 is 0. The number of rotatable bonds is 4. The minimum Gasteiger partial charge on any atom is -0.385 e. The van der Waals surface area contributed by atoms with Crippen LogP contribution in [-0.2, 0) is 4.74 Å². The molecule has 1 unspecified atom stereocenters. The third kappa shape index (κ3) is 2.82. The number of hydrogen-bond donors (Lipinski definition) is 1. The maximum absolute atomic E-state index is 12.2. The van der Waals surface area contributed by atoms with E-state index in [4.69, 9.17) is 4.74 Å². The maximum Gasteiger partial charge on any atom is 0.253 e. The largest absolute Gasteiger partial charge is 0.385 e. The summed E-state index contributed by atoms with van der Waals surface area (Å²) in [5.74, 6) is 0.0950. The summed E-state index contributed by atoms with van der Waals surface area (Å²) in [7, 11) is 1.70. The SMILES string of the molecule is CCNc1ccc(C(=O)N2CCC(OC)C2)cc1. The van der Waals surface area contributed by atoms with Gasteiger partial charge in [-0.25, -0.2) is 0 Å². The summed E-state index contributed by atoms with van der Waals surface area (Å²) in [6, 6.07) is 7.64. The molecule has 1 N–H and O–H groups in total. The second-order valence-electron chi connectivity index (χ2n) is 4.51. The van der Waals surface area contributed by atoms with Gasteiger partial charge in [0.15, 0.2) is 0 Å². The molecular weight excluding hydrogens is 228 g/mol. The van der Waals surface area contributed by atoms with Gasteiger partial charge < -0.3 is 15.0 Å². The van der Waals surface area contributed by atoms with Crippen LogP contribution in [-0.4, -0.2) is 43.7 Å². The Bertz CT molecular complexity index is 403. The molecule has 0 saturated carbocycles. The summed E-state index contributed by atoms with van der Waals surface area (Å²) in [6.45, 7) is 4.42. The lowest BCUT2D eigenvalue weighted by atomic mass is 10.2. The van der Waals surface area contributed by atoms with Crippen molar-refractivity contribution in [2.75, 3.05) is 32.1 Å². The van der Waals surface area contributed by atoms with Crippen molar-refractivity contribution in [3.63, 3.8) is 0 Å². The average Bonchev–Trinajstić information content (AvgIpc) is 2.88. The summed E-state index contributed by atoms with van der Waals surface area (Å²) in [4.78, 5) is 14.1. The Morgan fingerprint density at radius 2 is 2.17 bits per heavy atom. The number of amides is 1. The lowest BCUT2D eigenvalue weighted by molar-refractivity contribution is 0.0724. The smallest absolute Gasteiger partial charge is 0.253 e. The van der Waals surface area contributed by atoms with Gasteiger partial charge in [0, 0.05) is 38.0 Å². The van der Waals surface area contributed by atoms with Gasteiger partial charge in [0.05, 0.1) is 6.10 Å². The van der Waals surface area contributed by atoms with Crippen LogP contribution in [0.15, 0.2) is 24.3 Å². The lowest BCUT2D eigenvalue weighted by Gasteiger charge is -2.16. The van der Waals surface area contributed by atoms with Crippen molar-refractivity contribution in [3.8, 4) is 0 Å². The van der Waals surface area contributed by atoms with Gasteiger partial charge in [-0.1, -0.05) is 0 Å². The molecule has 2 rings (SSSR count). The zero-order valence-corrected chi connectivity index (χ0v) is 11.0. The zero-order valence-electron chi connectivity index (χ0n) is 11.0. The van der Waals surface area contributed by atoms with Gasteiger partial charge in [0.2, 0.25) is 0 Å². The molecule has 1 aromatic rings. The van der Waals surface area contributed by atoms with Crippen LogP contribution in [0.2, 0.25) is 0 Å². The molecule has 1 fully saturated rings. The first-order valence-electron chi connectivity index (χ1n) is 6.40. The fourth-order valence-corrected chi connectivity index (χ4v) is 2.22. The second kappa shape index (κ2) is 5.87. The topological polar surface area (TPSA) is 41.6 Å². The van der Waals surface area contributed by atoms with Crippen LogP contribution < -0.4 is 5.32 Å². The van der Waals surface area contributed by atoms with Crippen LogP contribution in [0.25, 0.3) is 0 Å². The standard InChI is InChI=1S/C14H20N2O2/c1-3-15-12-6-4-11(5-7-12)14(17)16-9-8-13(10-16)18-2/h4-7,13,15H,3,8-10H2,1-2H3. The molecule has 18 heavy (non-hydrogen) atoms. The van der Waals surface area contributed by atoms with Gasteiger partial charge in [-0.3, -0.25) is 4.79 Å². The first-order valence-corrected chi connectivity index (χ1v) is 6.40. The predicted molar refractivity (Wildman–Crippen MR) is 71.9 cm³/mol. The normalized spacial score (nSPS) is 19.0. The Hall–Kier alpha value is -1.55. The van der Waals surface area contributed by atoms with Crippen molar-refractivity contribution < 1.29 is 9.53 Å². The Balaban J connectivity index is 2.00. The van der Waals surface area contributed by atoms with E-state index in [1.807, 2.05) is 36.1 Å². The van der Waals surface area contributed by atoms with Crippen LogP contribution >= 0.6 is 0 Å². The highest BCUT2D eigenvalue weighted by Gasteiger charge is 2.26. The van der Waals surface area contributed by atoms with E-state index >= 15 is 0 Å². The number of carbonyl (C=O) groups excluding carboxylic acids is 1. The van der Waals surface area contributed by atoms with Crippen molar-refractivity contribution in [2.45, 2.75) is 19.4 Å². The molecule has 1 aromatic carbocycles. The van der Waals surface area contributed by atoms with E-state index in [9.17, 15) is 4.79 Å². The zero-order chi connectivity index (χ0) is 13.0. The van der Waals surface area contributed by atoms with Crippen molar-refractivity contribution in [1.82, 2.24) is 4.90 Å². The van der Waals surface area contributed by atoms with Crippen molar-refractivity contribution in [3.05, 3.63) is 29.8 Å². The quantitative estimate of drug-likeness (QED) is 0.886. The third-order valence-electron chi connectivity index (χ3n) is 3.28. The van der Waals surface area contributed by atoms with Crippen LogP contribution in [0.1, 0.15) is 23.7 Å². The van der Waals surface area contributed by atoms with E-state index in [0.29, 0.717) is 6.54 Å². The number of ether oxygens (including phenoxy) is 1. The highest BCUT2D eigenvalue weighted by Crippen LogP contribution is 2.17. The van der Waals surface area contributed by atoms with Gasteiger partial charge in [0.25, 0.3) is 5.91 Å². The first-order chi connectivity index (χ1) is 8.74. The first kappa shape index (κ1) is 12.9. The molecule has 0 radical (unpaired) electrons. The monoisotopic (exact) mass is 248 g/mol. The van der Waals surface area contributed by atoms with Crippen molar-refractivity contribution in [1.29, 1.82) is 0 Å². The minimum atomic E-state index is 0.0950. The Kier molecular flexibility index (Phi) is 4.20. The van der Waals surface area contributed by atoms with Gasteiger partial charge in [-0.15, -0.1) is 0 Å². The van der Waals surface area contributed by atoms with Crippen molar-refractivity contribution in [2.24, 2.45) is 0 Å².